The van der Waals surface area contributed by atoms with E-state index < -0.39 is 0 Å². The first-order valence-electron chi connectivity index (χ1n) is 8.18. The molecule has 2 amide bonds. The molecule has 0 aromatic heterocycles. The highest BCUT2D eigenvalue weighted by molar-refractivity contribution is 5.74. The SMILES string of the molecule is CC1CCC(CCNC(=O)N2CCCC(C)C2)CC1. The molecule has 1 N–H and O–H groups in total. The van der Waals surface area contributed by atoms with E-state index >= 15 is 0 Å². The zero-order valence-electron chi connectivity index (χ0n) is 12.7. The van der Waals surface area contributed by atoms with Gasteiger partial charge in [-0.3, -0.25) is 0 Å². The van der Waals surface area contributed by atoms with Gasteiger partial charge in [-0.1, -0.05) is 39.5 Å². The second kappa shape index (κ2) is 7.16. The predicted octanol–water partition coefficient (Wildman–Crippen LogP) is 3.64. The third-order valence-electron chi connectivity index (χ3n) is 4.91. The van der Waals surface area contributed by atoms with Crippen LogP contribution in [0.5, 0.6) is 0 Å². The predicted molar refractivity (Wildman–Crippen MR) is 79.1 cm³/mol. The van der Waals surface area contributed by atoms with Crippen LogP contribution in [0.4, 0.5) is 4.79 Å². The van der Waals surface area contributed by atoms with Crippen molar-refractivity contribution in [3.05, 3.63) is 0 Å². The lowest BCUT2D eigenvalue weighted by atomic mass is 9.81. The molecule has 0 aromatic rings. The van der Waals surface area contributed by atoms with Crippen molar-refractivity contribution in [2.45, 2.75) is 58.8 Å². The molecule has 0 bridgehead atoms. The van der Waals surface area contributed by atoms with Crippen LogP contribution in [-0.2, 0) is 0 Å². The Bertz CT molecular complexity index is 284. The summed E-state index contributed by atoms with van der Waals surface area (Å²) < 4.78 is 0. The maximum atomic E-state index is 12.1. The van der Waals surface area contributed by atoms with E-state index in [0.29, 0.717) is 5.92 Å². The highest BCUT2D eigenvalue weighted by Crippen LogP contribution is 2.29. The maximum absolute atomic E-state index is 12.1. The molecule has 3 heteroatoms. The summed E-state index contributed by atoms with van der Waals surface area (Å²) in [5, 5.41) is 3.12. The monoisotopic (exact) mass is 266 g/mol. The molecule has 0 radical (unpaired) electrons. The van der Waals surface area contributed by atoms with Gasteiger partial charge in [0.05, 0.1) is 0 Å². The minimum atomic E-state index is 0.163. The minimum absolute atomic E-state index is 0.163. The average Bonchev–Trinajstić information content (AvgIpc) is 2.41. The number of nitrogens with zero attached hydrogens (tertiary/aromatic N) is 1. The van der Waals surface area contributed by atoms with Crippen molar-refractivity contribution in [2.75, 3.05) is 19.6 Å². The molecule has 1 heterocycles. The van der Waals surface area contributed by atoms with Gasteiger partial charge in [0.25, 0.3) is 0 Å². The summed E-state index contributed by atoms with van der Waals surface area (Å²) >= 11 is 0. The lowest BCUT2D eigenvalue weighted by molar-refractivity contribution is 0.168. The molecule has 1 aliphatic carbocycles. The van der Waals surface area contributed by atoms with E-state index in [1.165, 1.54) is 38.5 Å². The molecular weight excluding hydrogens is 236 g/mol. The van der Waals surface area contributed by atoms with Crippen LogP contribution in [0.15, 0.2) is 0 Å². The van der Waals surface area contributed by atoms with Gasteiger partial charge in [0, 0.05) is 19.6 Å². The zero-order chi connectivity index (χ0) is 13.7. The Hall–Kier alpha value is -0.730. The van der Waals surface area contributed by atoms with Crippen molar-refractivity contribution < 1.29 is 4.79 Å². The number of carbonyl (C=O) groups excluding carboxylic acids is 1. The van der Waals surface area contributed by atoms with Crippen molar-refractivity contribution in [3.8, 4) is 0 Å². The summed E-state index contributed by atoms with van der Waals surface area (Å²) in [6.45, 7) is 7.34. The Morgan fingerprint density at radius 1 is 1.11 bits per heavy atom. The lowest BCUT2D eigenvalue weighted by Gasteiger charge is -2.31. The number of rotatable bonds is 3. The Labute approximate surface area is 118 Å². The number of nitrogens with one attached hydrogen (secondary N) is 1. The smallest absolute Gasteiger partial charge is 0.317 e. The van der Waals surface area contributed by atoms with Crippen LogP contribution in [0, 0.1) is 17.8 Å². The quantitative estimate of drug-likeness (QED) is 0.831. The number of amides is 2. The molecule has 1 unspecified atom stereocenters. The molecule has 2 rings (SSSR count). The zero-order valence-corrected chi connectivity index (χ0v) is 12.7. The first-order valence-corrected chi connectivity index (χ1v) is 8.18. The molecule has 1 aliphatic heterocycles. The lowest BCUT2D eigenvalue weighted by Crippen LogP contribution is -2.45. The van der Waals surface area contributed by atoms with Gasteiger partial charge in [0.15, 0.2) is 0 Å². The highest BCUT2D eigenvalue weighted by atomic mass is 16.2. The number of hydrogen-bond acceptors (Lipinski definition) is 1. The number of likely N-dealkylation sites (tertiary alicyclic amines) is 1. The van der Waals surface area contributed by atoms with Crippen LogP contribution < -0.4 is 5.32 Å². The van der Waals surface area contributed by atoms with Crippen molar-refractivity contribution in [1.29, 1.82) is 0 Å². The van der Waals surface area contributed by atoms with E-state index in [2.05, 4.69) is 19.2 Å². The summed E-state index contributed by atoms with van der Waals surface area (Å²) in [7, 11) is 0. The fourth-order valence-corrected chi connectivity index (χ4v) is 3.49. The summed E-state index contributed by atoms with van der Waals surface area (Å²) in [6, 6.07) is 0.163. The van der Waals surface area contributed by atoms with Gasteiger partial charge in [0.2, 0.25) is 0 Å². The van der Waals surface area contributed by atoms with Crippen LogP contribution in [-0.4, -0.2) is 30.6 Å². The first kappa shape index (κ1) is 14.7. The Morgan fingerprint density at radius 3 is 2.53 bits per heavy atom. The van der Waals surface area contributed by atoms with E-state index in [-0.39, 0.29) is 6.03 Å². The van der Waals surface area contributed by atoms with E-state index in [9.17, 15) is 4.79 Å². The third kappa shape index (κ3) is 4.70. The van der Waals surface area contributed by atoms with Crippen LogP contribution in [0.3, 0.4) is 0 Å². The Morgan fingerprint density at radius 2 is 1.84 bits per heavy atom. The molecule has 110 valence electrons. The second-order valence-electron chi connectivity index (χ2n) is 6.84. The molecular formula is C16H30N2O. The van der Waals surface area contributed by atoms with Crippen molar-refractivity contribution in [1.82, 2.24) is 10.2 Å². The topological polar surface area (TPSA) is 32.3 Å². The van der Waals surface area contributed by atoms with Gasteiger partial charge in [-0.2, -0.15) is 0 Å². The highest BCUT2D eigenvalue weighted by Gasteiger charge is 2.21. The molecule has 0 aromatic carbocycles. The average molecular weight is 266 g/mol. The van der Waals surface area contributed by atoms with Gasteiger partial charge in [0.1, 0.15) is 0 Å². The number of urea groups is 1. The van der Waals surface area contributed by atoms with Gasteiger partial charge in [-0.25, -0.2) is 4.79 Å². The molecule has 2 fully saturated rings. The third-order valence-corrected chi connectivity index (χ3v) is 4.91. The standard InChI is InChI=1S/C16H30N2O/c1-13-5-7-15(8-6-13)9-10-17-16(19)18-11-3-4-14(2)12-18/h13-15H,3-12H2,1-2H3,(H,17,19). The van der Waals surface area contributed by atoms with Gasteiger partial charge in [-0.15, -0.1) is 0 Å². The number of hydrogen-bond donors (Lipinski definition) is 1. The maximum Gasteiger partial charge on any atom is 0.317 e. The first-order chi connectivity index (χ1) is 9.15. The van der Waals surface area contributed by atoms with Gasteiger partial charge < -0.3 is 10.2 Å². The van der Waals surface area contributed by atoms with Crippen LogP contribution in [0.2, 0.25) is 0 Å². The largest absolute Gasteiger partial charge is 0.338 e. The Balaban J connectivity index is 1.61. The normalized spacial score (nSPS) is 32.1. The molecule has 1 saturated heterocycles. The van der Waals surface area contributed by atoms with Crippen molar-refractivity contribution in [2.24, 2.45) is 17.8 Å². The summed E-state index contributed by atoms with van der Waals surface area (Å²) in [4.78, 5) is 14.0. The van der Waals surface area contributed by atoms with Gasteiger partial charge >= 0.3 is 6.03 Å². The van der Waals surface area contributed by atoms with Crippen molar-refractivity contribution >= 4 is 6.03 Å². The minimum Gasteiger partial charge on any atom is -0.338 e. The molecule has 1 atom stereocenters. The van der Waals surface area contributed by atoms with Gasteiger partial charge in [-0.05, 0) is 37.0 Å². The van der Waals surface area contributed by atoms with E-state index in [1.807, 2.05) is 4.90 Å². The van der Waals surface area contributed by atoms with E-state index in [4.69, 9.17) is 0 Å². The van der Waals surface area contributed by atoms with Crippen LogP contribution in [0.1, 0.15) is 58.8 Å². The number of piperidine rings is 1. The van der Waals surface area contributed by atoms with Crippen LogP contribution in [0.25, 0.3) is 0 Å². The summed E-state index contributed by atoms with van der Waals surface area (Å²) in [6.07, 6.45) is 9.07. The molecule has 3 nitrogen and oxygen atoms in total. The Kier molecular flexibility index (Phi) is 5.53. The fourth-order valence-electron chi connectivity index (χ4n) is 3.49. The van der Waals surface area contributed by atoms with E-state index in [1.54, 1.807) is 0 Å². The molecule has 2 aliphatic rings. The molecule has 1 saturated carbocycles. The van der Waals surface area contributed by atoms with E-state index in [0.717, 1.165) is 37.9 Å². The summed E-state index contributed by atoms with van der Waals surface area (Å²) in [5.74, 6) is 2.43. The second-order valence-corrected chi connectivity index (χ2v) is 6.84. The molecule has 19 heavy (non-hydrogen) atoms. The van der Waals surface area contributed by atoms with Crippen LogP contribution >= 0.6 is 0 Å². The summed E-state index contributed by atoms with van der Waals surface area (Å²) in [5.41, 5.74) is 0. The number of carbonyl (C=O) groups is 1. The fraction of sp³-hybridized carbons (Fsp3) is 0.938. The molecule has 0 spiro atoms. The van der Waals surface area contributed by atoms with Crippen molar-refractivity contribution in [3.63, 3.8) is 0 Å².